The molecule has 2 aromatic rings. The highest BCUT2D eigenvalue weighted by atomic mass is 19.3. The third-order valence-corrected chi connectivity index (χ3v) is 8.52. The zero-order valence-electron chi connectivity index (χ0n) is 23.2. The fourth-order valence-electron chi connectivity index (χ4n) is 5.98. The number of nitrogens with zero attached hydrogens (tertiary/aromatic N) is 5. The third-order valence-electron chi connectivity index (χ3n) is 8.52. The number of aromatic hydroxyl groups is 1. The number of para-hydroxylation sites is 1. The van der Waals surface area contributed by atoms with E-state index in [2.05, 4.69) is 33.6 Å². The maximum absolute atomic E-state index is 14.5. The number of aromatic nitrogens is 2. The predicted octanol–water partition coefficient (Wildman–Crippen LogP) is 3.44. The molecule has 3 heterocycles. The van der Waals surface area contributed by atoms with E-state index in [-0.39, 0.29) is 36.4 Å². The van der Waals surface area contributed by atoms with Crippen LogP contribution in [-0.2, 0) is 0 Å². The highest BCUT2D eigenvalue weighted by Crippen LogP contribution is 2.56. The Morgan fingerprint density at radius 2 is 1.95 bits per heavy atom. The molecule has 1 spiro atoms. The fraction of sp³-hybridized carbons (Fsp3) is 0.467. The van der Waals surface area contributed by atoms with Crippen molar-refractivity contribution in [3.8, 4) is 17.6 Å². The van der Waals surface area contributed by atoms with Gasteiger partial charge in [0, 0.05) is 49.4 Å². The molecule has 216 valence electrons. The molecule has 1 aromatic carbocycles. The first kappa shape index (κ1) is 28.5. The number of rotatable bonds is 6. The molecule has 2 saturated heterocycles. The number of phenols is 1. The number of likely N-dealkylation sites (tertiary alicyclic amines) is 1. The van der Waals surface area contributed by atoms with Crippen LogP contribution in [0.25, 0.3) is 0 Å². The Labute approximate surface area is 239 Å². The summed E-state index contributed by atoms with van der Waals surface area (Å²) in [5.74, 6) is 4.22. The molecule has 1 aromatic heterocycles. The lowest BCUT2D eigenvalue weighted by molar-refractivity contribution is -0.122. The van der Waals surface area contributed by atoms with E-state index in [4.69, 9.17) is 16.6 Å². The van der Waals surface area contributed by atoms with Crippen molar-refractivity contribution in [3.05, 3.63) is 59.7 Å². The van der Waals surface area contributed by atoms with Crippen molar-refractivity contribution in [2.45, 2.75) is 44.6 Å². The number of benzene rings is 1. The first-order valence-electron chi connectivity index (χ1n) is 14.0. The largest absolute Gasteiger partial charge is 0.507 e. The average Bonchev–Trinajstić information content (AvgIpc) is 3.05. The normalized spacial score (nSPS) is 22.0. The van der Waals surface area contributed by atoms with Gasteiger partial charge in [-0.2, -0.15) is 0 Å². The fourth-order valence-corrected chi connectivity index (χ4v) is 5.98. The van der Waals surface area contributed by atoms with E-state index in [9.17, 15) is 13.9 Å². The summed E-state index contributed by atoms with van der Waals surface area (Å²) in [6.07, 6.45) is 5.98. The van der Waals surface area contributed by atoms with Crippen molar-refractivity contribution in [3.63, 3.8) is 0 Å². The van der Waals surface area contributed by atoms with Gasteiger partial charge in [-0.25, -0.2) is 18.7 Å². The molecule has 5 N–H and O–H groups in total. The lowest BCUT2D eigenvalue weighted by atomic mass is 9.66. The van der Waals surface area contributed by atoms with E-state index >= 15 is 0 Å². The van der Waals surface area contributed by atoms with E-state index < -0.39 is 11.3 Å². The molecule has 1 atom stereocenters. The van der Waals surface area contributed by atoms with E-state index in [1.165, 1.54) is 12.1 Å². The molecule has 9 nitrogen and oxygen atoms in total. The lowest BCUT2D eigenvalue weighted by Crippen LogP contribution is -2.45. The number of hydrogen-bond donors (Lipinski definition) is 4. The van der Waals surface area contributed by atoms with Gasteiger partial charge in [0.25, 0.3) is 5.92 Å². The van der Waals surface area contributed by atoms with Gasteiger partial charge in [0.2, 0.25) is 5.82 Å². The van der Waals surface area contributed by atoms with Gasteiger partial charge >= 0.3 is 0 Å². The monoisotopic (exact) mass is 562 g/mol. The average molecular weight is 563 g/mol. The Morgan fingerprint density at radius 1 is 1.17 bits per heavy atom. The van der Waals surface area contributed by atoms with Crippen molar-refractivity contribution >= 4 is 17.4 Å². The molecule has 3 fully saturated rings. The Balaban J connectivity index is 1.26. The van der Waals surface area contributed by atoms with Gasteiger partial charge in [-0.3, -0.25) is 10.3 Å². The molecule has 41 heavy (non-hydrogen) atoms. The Morgan fingerprint density at radius 3 is 2.63 bits per heavy atom. The zero-order chi connectivity index (χ0) is 29.2. The quantitative estimate of drug-likeness (QED) is 0.241. The number of nitrogens with two attached hydrogens (primary N) is 1. The molecule has 0 amide bonds. The van der Waals surface area contributed by atoms with Crippen LogP contribution in [0, 0.1) is 28.1 Å². The Kier molecular flexibility index (Phi) is 7.95. The topological polar surface area (TPSA) is 129 Å². The van der Waals surface area contributed by atoms with Crippen molar-refractivity contribution < 1.29 is 13.9 Å². The number of nitrogens with one attached hydrogen (secondary N) is 2. The maximum atomic E-state index is 14.5. The third kappa shape index (κ3) is 5.88. The highest BCUT2D eigenvalue weighted by molar-refractivity contribution is 6.12. The number of alkyl halides is 2. The summed E-state index contributed by atoms with van der Waals surface area (Å²) in [5, 5.41) is 26.8. The van der Waals surface area contributed by atoms with Crippen LogP contribution < -0.4 is 10.6 Å². The number of phenolic OH excluding ortho intramolecular Hbond substituents is 1. The summed E-state index contributed by atoms with van der Waals surface area (Å²) < 4.78 is 29.0. The second-order valence-electron chi connectivity index (χ2n) is 11.2. The van der Waals surface area contributed by atoms with Crippen LogP contribution in [0.3, 0.4) is 0 Å². The molecule has 0 radical (unpaired) electrons. The lowest BCUT2D eigenvalue weighted by Gasteiger charge is -2.42. The van der Waals surface area contributed by atoms with Crippen LogP contribution in [0.4, 0.5) is 14.6 Å². The first-order chi connectivity index (χ1) is 19.6. The minimum Gasteiger partial charge on any atom is -0.507 e. The zero-order valence-corrected chi connectivity index (χ0v) is 23.2. The Bertz CT molecular complexity index is 1410. The van der Waals surface area contributed by atoms with E-state index in [0.29, 0.717) is 56.1 Å². The summed E-state index contributed by atoms with van der Waals surface area (Å²) >= 11 is 0. The van der Waals surface area contributed by atoms with Crippen LogP contribution in [0.15, 0.2) is 48.3 Å². The number of anilines is 1. The van der Waals surface area contributed by atoms with Crippen LogP contribution in [0.1, 0.15) is 44.0 Å². The standard InChI is InChI=1S/C30H36F2N8O/c1-21-10-15-39(24(28(34)35)18-23(33)22-6-2-3-7-25(22)41)16-17-40(21)27-9-13-36-26(37-27)8-4-14-38-19-29(11-5-12-29)30(31,32)20-38/h2-3,6-7,9,13,18,21,33,41H,5,10-12,14-17,19-20H2,1H3,(H3,34,35)/b24-18+,33-23?/t21-/m1/s1. The first-order valence-corrected chi connectivity index (χ1v) is 14.0. The number of hydrogen-bond acceptors (Lipinski definition) is 8. The van der Waals surface area contributed by atoms with Gasteiger partial charge in [-0.1, -0.05) is 24.5 Å². The van der Waals surface area contributed by atoms with Crippen LogP contribution in [0.5, 0.6) is 5.75 Å². The number of halogens is 2. The predicted molar refractivity (Wildman–Crippen MR) is 155 cm³/mol. The van der Waals surface area contributed by atoms with Gasteiger partial charge in [0.1, 0.15) is 17.4 Å². The van der Waals surface area contributed by atoms with Crippen molar-refractivity contribution in [2.24, 2.45) is 11.1 Å². The molecular formula is C30H36F2N8O. The molecule has 11 heteroatoms. The minimum absolute atomic E-state index is 0.00405. The second kappa shape index (κ2) is 11.4. The molecular weight excluding hydrogens is 526 g/mol. The summed E-state index contributed by atoms with van der Waals surface area (Å²) in [7, 11) is 0. The smallest absolute Gasteiger partial charge is 0.267 e. The summed E-state index contributed by atoms with van der Waals surface area (Å²) in [6.45, 7) is 4.26. The van der Waals surface area contributed by atoms with E-state index in [0.717, 1.165) is 18.7 Å². The second-order valence-corrected chi connectivity index (χ2v) is 11.2. The molecule has 1 aliphatic carbocycles. The van der Waals surface area contributed by atoms with Gasteiger partial charge in [0.15, 0.2) is 0 Å². The van der Waals surface area contributed by atoms with E-state index in [1.54, 1.807) is 29.3 Å². The summed E-state index contributed by atoms with van der Waals surface area (Å²) in [6, 6.07) is 8.55. The van der Waals surface area contributed by atoms with Crippen molar-refractivity contribution in [1.29, 1.82) is 10.8 Å². The highest BCUT2D eigenvalue weighted by Gasteiger charge is 2.62. The van der Waals surface area contributed by atoms with Crippen molar-refractivity contribution in [2.75, 3.05) is 44.2 Å². The molecule has 0 unspecified atom stereocenters. The molecule has 5 rings (SSSR count). The van der Waals surface area contributed by atoms with Crippen molar-refractivity contribution in [1.82, 2.24) is 19.8 Å². The SMILES string of the molecule is C[C@@H]1CCN(/C(=C/C(=N)c2ccccc2O)C(=N)N)CCN1c1ccnc(C#CCN2CC(F)(F)C3(CCC3)C2)n1. The van der Waals surface area contributed by atoms with Gasteiger partial charge in [0.05, 0.1) is 24.5 Å². The molecule has 0 bridgehead atoms. The van der Waals surface area contributed by atoms with Gasteiger partial charge in [-0.15, -0.1) is 0 Å². The minimum atomic E-state index is -2.65. The molecule has 3 aliphatic rings. The van der Waals surface area contributed by atoms with Gasteiger partial charge in [-0.05, 0) is 56.4 Å². The molecule has 2 aliphatic heterocycles. The van der Waals surface area contributed by atoms with Crippen LogP contribution >= 0.6 is 0 Å². The van der Waals surface area contributed by atoms with Gasteiger partial charge < -0.3 is 26.0 Å². The number of allylic oxidation sites excluding steroid dienone is 1. The maximum Gasteiger partial charge on any atom is 0.267 e. The van der Waals surface area contributed by atoms with Crippen LogP contribution in [0.2, 0.25) is 0 Å². The van der Waals surface area contributed by atoms with Crippen LogP contribution in [-0.4, -0.2) is 87.7 Å². The Hall–Kier alpha value is -4.04. The molecule has 1 saturated carbocycles. The van der Waals surface area contributed by atoms with E-state index in [1.807, 2.05) is 11.0 Å². The summed E-state index contributed by atoms with van der Waals surface area (Å²) in [5.41, 5.74) is 5.94. The number of amidine groups is 1. The summed E-state index contributed by atoms with van der Waals surface area (Å²) in [4.78, 5) is 14.8.